The zero-order valence-corrected chi connectivity index (χ0v) is 29.3. The lowest BCUT2D eigenvalue weighted by atomic mass is 9.71. The van der Waals surface area contributed by atoms with Crippen molar-refractivity contribution in [3.63, 3.8) is 0 Å². The Morgan fingerprint density at radius 3 is 2.45 bits per heavy atom. The number of nitrogens with zero attached hydrogens (tertiary/aromatic N) is 2. The molecule has 0 bridgehead atoms. The molecule has 2 fully saturated rings. The summed E-state index contributed by atoms with van der Waals surface area (Å²) in [7, 11) is 1.71. The highest BCUT2D eigenvalue weighted by molar-refractivity contribution is 6.43. The average Bonchev–Trinajstić information content (AvgIpc) is 3.04. The van der Waals surface area contributed by atoms with Crippen LogP contribution in [0.25, 0.3) is 0 Å². The van der Waals surface area contributed by atoms with Gasteiger partial charge in [-0.3, -0.25) is 4.90 Å². The molecular formula is C34H48Cl4N2O4. The van der Waals surface area contributed by atoms with Gasteiger partial charge in [-0.2, -0.15) is 0 Å². The van der Waals surface area contributed by atoms with Crippen molar-refractivity contribution in [3.05, 3.63) is 62.1 Å². The van der Waals surface area contributed by atoms with Gasteiger partial charge >= 0.3 is 0 Å². The molecule has 10 heteroatoms. The van der Waals surface area contributed by atoms with Gasteiger partial charge in [0.2, 0.25) is 0 Å². The lowest BCUT2D eigenvalue weighted by Crippen LogP contribution is -2.66. The second-order valence-electron chi connectivity index (χ2n) is 12.0. The molecule has 1 N–H and O–H groups in total. The van der Waals surface area contributed by atoms with Crippen LogP contribution >= 0.6 is 46.4 Å². The molecule has 2 heterocycles. The van der Waals surface area contributed by atoms with E-state index in [-0.39, 0.29) is 24.0 Å². The molecule has 246 valence electrons. The quantitative estimate of drug-likeness (QED) is 0.149. The Morgan fingerprint density at radius 1 is 1.00 bits per heavy atom. The highest BCUT2D eigenvalue weighted by Crippen LogP contribution is 2.48. The number of ether oxygens (including phenoxy) is 3. The molecule has 0 amide bonds. The van der Waals surface area contributed by atoms with Crippen molar-refractivity contribution in [3.8, 4) is 0 Å². The molecule has 0 aliphatic carbocycles. The predicted octanol–water partition coefficient (Wildman–Crippen LogP) is 8.70. The van der Waals surface area contributed by atoms with Gasteiger partial charge in [0.25, 0.3) is 0 Å². The van der Waals surface area contributed by atoms with E-state index in [1.54, 1.807) is 13.2 Å². The summed E-state index contributed by atoms with van der Waals surface area (Å²) in [6, 6.07) is 11.5. The molecule has 2 aliphatic rings. The number of hydrogen-bond donors (Lipinski definition) is 1. The molecule has 4 atom stereocenters. The van der Waals surface area contributed by atoms with Crippen molar-refractivity contribution in [2.24, 2.45) is 11.8 Å². The number of methoxy groups -OCH3 is 1. The van der Waals surface area contributed by atoms with Gasteiger partial charge in [-0.1, -0.05) is 77.9 Å². The molecule has 44 heavy (non-hydrogen) atoms. The van der Waals surface area contributed by atoms with Crippen molar-refractivity contribution < 1.29 is 19.3 Å². The van der Waals surface area contributed by atoms with Crippen LogP contribution in [0.15, 0.2) is 36.4 Å². The van der Waals surface area contributed by atoms with Crippen molar-refractivity contribution in [2.45, 2.75) is 70.1 Å². The van der Waals surface area contributed by atoms with Crippen LogP contribution in [-0.2, 0) is 20.0 Å². The van der Waals surface area contributed by atoms with E-state index in [1.165, 1.54) is 0 Å². The minimum atomic E-state index is -1.09. The summed E-state index contributed by atoms with van der Waals surface area (Å²) in [6.45, 7) is 9.51. The van der Waals surface area contributed by atoms with Gasteiger partial charge in [0.1, 0.15) is 0 Å². The fourth-order valence-electron chi connectivity index (χ4n) is 7.61. The van der Waals surface area contributed by atoms with Crippen molar-refractivity contribution in [1.82, 2.24) is 4.90 Å². The molecule has 0 aromatic heterocycles. The van der Waals surface area contributed by atoms with Crippen LogP contribution in [0, 0.1) is 11.8 Å². The first kappa shape index (κ1) is 36.0. The SMILES string of the molecule is CCOCCCO[C@@](OC)(c1cccc(Cl)c1Cl)[C@@H]1CCCN([C@@]2([C@@H](CC)CCO)CCCN(c3cccc(Cl)c3Cl)C2)C1. The van der Waals surface area contributed by atoms with E-state index in [2.05, 4.69) is 22.8 Å². The Labute approximate surface area is 283 Å². The summed E-state index contributed by atoms with van der Waals surface area (Å²) in [5, 5.41) is 12.3. The summed E-state index contributed by atoms with van der Waals surface area (Å²) in [6.07, 6.45) is 6.36. The van der Waals surface area contributed by atoms with Crippen LogP contribution in [0.5, 0.6) is 0 Å². The summed E-state index contributed by atoms with van der Waals surface area (Å²) >= 11 is 26.7. The van der Waals surface area contributed by atoms with Gasteiger partial charge in [-0.15, -0.1) is 0 Å². The average molecular weight is 691 g/mol. The first-order chi connectivity index (χ1) is 21.3. The zero-order chi connectivity index (χ0) is 31.7. The first-order valence-corrected chi connectivity index (χ1v) is 17.5. The number of halogens is 4. The van der Waals surface area contributed by atoms with Crippen molar-refractivity contribution >= 4 is 52.1 Å². The van der Waals surface area contributed by atoms with Crippen molar-refractivity contribution in [1.29, 1.82) is 0 Å². The van der Waals surface area contributed by atoms with Crippen LogP contribution in [0.1, 0.15) is 64.4 Å². The molecule has 2 saturated heterocycles. The molecule has 0 spiro atoms. The number of hydrogen-bond acceptors (Lipinski definition) is 6. The second-order valence-corrected chi connectivity index (χ2v) is 13.5. The highest BCUT2D eigenvalue weighted by Gasteiger charge is 2.52. The molecule has 2 aromatic carbocycles. The van der Waals surface area contributed by atoms with Gasteiger partial charge < -0.3 is 24.2 Å². The van der Waals surface area contributed by atoms with Gasteiger partial charge in [0.05, 0.1) is 32.4 Å². The minimum Gasteiger partial charge on any atom is -0.396 e. The summed E-state index contributed by atoms with van der Waals surface area (Å²) in [5.41, 5.74) is 1.53. The smallest absolute Gasteiger partial charge is 0.200 e. The third kappa shape index (κ3) is 7.67. The van der Waals surface area contributed by atoms with Gasteiger partial charge in [-0.05, 0) is 76.1 Å². The van der Waals surface area contributed by atoms with Crippen LogP contribution in [0.2, 0.25) is 20.1 Å². The van der Waals surface area contributed by atoms with Gasteiger partial charge in [-0.25, -0.2) is 0 Å². The maximum absolute atomic E-state index is 10.2. The third-order valence-electron chi connectivity index (χ3n) is 9.68. The third-order valence-corrected chi connectivity index (χ3v) is 11.3. The van der Waals surface area contributed by atoms with Gasteiger partial charge in [0.15, 0.2) is 5.79 Å². The Hall–Kier alpha value is -0.800. The standard InChI is InChI=1S/C34H48Cl4N2O4/c1-4-25(16-20-41)33(17-9-18-39(24-33)30-15-7-14-29(36)32(30)38)40-19-8-11-26(23-40)34(42-3,44-22-10-21-43-5-2)27-12-6-13-28(35)31(27)37/h6-7,12-15,25-26,41H,4-5,8-11,16-24H2,1-3H3/t25-,26+,33-,34+/m0/s1. The monoisotopic (exact) mass is 688 g/mol. The van der Waals surface area contributed by atoms with E-state index in [9.17, 15) is 5.11 Å². The fourth-order valence-corrected chi connectivity index (χ4v) is 8.46. The summed E-state index contributed by atoms with van der Waals surface area (Å²) < 4.78 is 18.8. The Kier molecular flexibility index (Phi) is 13.8. The molecular weight excluding hydrogens is 642 g/mol. The number of aliphatic hydroxyl groups is 1. The largest absolute Gasteiger partial charge is 0.396 e. The summed E-state index contributed by atoms with van der Waals surface area (Å²) in [5.74, 6) is -0.819. The maximum atomic E-state index is 10.2. The number of aliphatic hydroxyl groups excluding tert-OH is 1. The number of piperidine rings is 2. The van der Waals surface area contributed by atoms with E-state index in [0.717, 1.165) is 82.4 Å². The lowest BCUT2D eigenvalue weighted by Gasteiger charge is -2.57. The maximum Gasteiger partial charge on any atom is 0.200 e. The van der Waals surface area contributed by atoms with Crippen LogP contribution in [0.4, 0.5) is 5.69 Å². The molecule has 0 radical (unpaired) electrons. The van der Waals surface area contributed by atoms with E-state index in [4.69, 9.17) is 60.6 Å². The molecule has 0 saturated carbocycles. The Bertz CT molecular complexity index is 1210. The van der Waals surface area contributed by atoms with Crippen LogP contribution < -0.4 is 4.90 Å². The zero-order valence-electron chi connectivity index (χ0n) is 26.3. The Morgan fingerprint density at radius 2 is 1.75 bits per heavy atom. The van der Waals surface area contributed by atoms with Crippen LogP contribution in [-0.4, -0.2) is 75.3 Å². The lowest BCUT2D eigenvalue weighted by molar-refractivity contribution is -0.275. The first-order valence-electron chi connectivity index (χ1n) is 16.0. The predicted molar refractivity (Wildman–Crippen MR) is 183 cm³/mol. The minimum absolute atomic E-state index is 0.0158. The normalized spacial score (nSPS) is 23.5. The highest BCUT2D eigenvalue weighted by atomic mass is 35.5. The second kappa shape index (κ2) is 16.9. The van der Waals surface area contributed by atoms with E-state index in [1.807, 2.05) is 31.2 Å². The molecule has 6 nitrogen and oxygen atoms in total. The fraction of sp³-hybridized carbons (Fsp3) is 0.647. The molecule has 0 unspecified atom stereocenters. The van der Waals surface area contributed by atoms with Crippen LogP contribution in [0.3, 0.4) is 0 Å². The molecule has 2 aliphatic heterocycles. The number of anilines is 1. The van der Waals surface area contributed by atoms with E-state index >= 15 is 0 Å². The van der Waals surface area contributed by atoms with Crippen molar-refractivity contribution in [2.75, 3.05) is 64.6 Å². The van der Waals surface area contributed by atoms with Gasteiger partial charge in [0, 0.05) is 63.6 Å². The number of rotatable bonds is 15. The van der Waals surface area contributed by atoms with E-state index < -0.39 is 5.79 Å². The summed E-state index contributed by atoms with van der Waals surface area (Å²) in [4.78, 5) is 5.05. The Balaban J connectivity index is 1.73. The molecule has 4 rings (SSSR count). The number of benzene rings is 2. The number of likely N-dealkylation sites (tertiary alicyclic amines) is 1. The van der Waals surface area contributed by atoms with E-state index in [0.29, 0.717) is 39.9 Å². The topological polar surface area (TPSA) is 54.4 Å². The molecule has 2 aromatic rings.